The summed E-state index contributed by atoms with van der Waals surface area (Å²) in [5, 5.41) is 11.7. The summed E-state index contributed by atoms with van der Waals surface area (Å²) in [4.78, 5) is 25.1. The van der Waals surface area contributed by atoms with E-state index in [1.165, 1.54) is 30.3 Å². The molecule has 0 aliphatic rings. The smallest absolute Gasteiger partial charge is 0.416 e. The van der Waals surface area contributed by atoms with Gasteiger partial charge in [-0.1, -0.05) is 54.1 Å². The summed E-state index contributed by atoms with van der Waals surface area (Å²) >= 11 is 0. The number of pyridine rings is 1. The normalized spacial score (nSPS) is 11.5. The Hall–Kier alpha value is -4.92. The molecule has 0 saturated carbocycles. The summed E-state index contributed by atoms with van der Waals surface area (Å²) in [6.07, 6.45) is -4.54. The molecule has 0 N–H and O–H groups in total. The first-order valence-electron chi connectivity index (χ1n) is 12.3. The summed E-state index contributed by atoms with van der Waals surface area (Å²) in [5.74, 6) is 0.661. The summed E-state index contributed by atoms with van der Waals surface area (Å²) in [5.41, 5.74) is 2.26. The Balaban J connectivity index is 1.88. The fourth-order valence-corrected chi connectivity index (χ4v) is 4.74. The molecule has 202 valence electrons. The van der Waals surface area contributed by atoms with Gasteiger partial charge in [-0.3, -0.25) is 14.9 Å². The molecule has 40 heavy (non-hydrogen) atoms. The van der Waals surface area contributed by atoms with Crippen molar-refractivity contribution in [2.75, 3.05) is 7.11 Å². The quantitative estimate of drug-likeness (QED) is 0.163. The number of aryl methyl sites for hydroxylation is 1. The van der Waals surface area contributed by atoms with Gasteiger partial charge in [-0.25, -0.2) is 0 Å². The lowest BCUT2D eigenvalue weighted by atomic mass is 9.94. The van der Waals surface area contributed by atoms with Crippen molar-refractivity contribution in [2.45, 2.75) is 19.6 Å². The van der Waals surface area contributed by atoms with Gasteiger partial charge in [0.25, 0.3) is 5.69 Å². The molecule has 6 nitrogen and oxygen atoms in total. The van der Waals surface area contributed by atoms with Crippen molar-refractivity contribution < 1.29 is 22.8 Å². The van der Waals surface area contributed by atoms with Gasteiger partial charge < -0.3 is 9.30 Å². The highest BCUT2D eigenvalue weighted by Crippen LogP contribution is 2.36. The summed E-state index contributed by atoms with van der Waals surface area (Å²) in [6.45, 7) is 2.19. The number of alkyl halides is 3. The van der Waals surface area contributed by atoms with Crippen molar-refractivity contribution in [3.63, 3.8) is 0 Å². The molecular formula is C31H23F3N2O4. The third-order valence-electron chi connectivity index (χ3n) is 6.79. The molecule has 0 amide bonds. The van der Waals surface area contributed by atoms with E-state index >= 15 is 0 Å². The van der Waals surface area contributed by atoms with Crippen molar-refractivity contribution in [2.24, 2.45) is 0 Å². The molecule has 0 unspecified atom stereocenters. The van der Waals surface area contributed by atoms with Crippen molar-refractivity contribution in [1.82, 2.24) is 4.57 Å². The van der Waals surface area contributed by atoms with E-state index in [1.807, 2.05) is 47.9 Å². The third kappa shape index (κ3) is 5.05. The molecule has 0 aliphatic carbocycles. The van der Waals surface area contributed by atoms with E-state index < -0.39 is 22.1 Å². The number of rotatable bonds is 6. The average Bonchev–Trinajstić information content (AvgIpc) is 2.94. The minimum atomic E-state index is -4.54. The van der Waals surface area contributed by atoms with Crippen molar-refractivity contribution in [3.05, 3.63) is 128 Å². The number of nitro benzene ring substituents is 1. The molecule has 1 aromatic heterocycles. The second-order valence-electron chi connectivity index (χ2n) is 9.39. The van der Waals surface area contributed by atoms with E-state index in [0.717, 1.165) is 23.3 Å². The van der Waals surface area contributed by atoms with Gasteiger partial charge in [0, 0.05) is 18.7 Å². The average molecular weight is 545 g/mol. The van der Waals surface area contributed by atoms with Crippen LogP contribution in [0.2, 0.25) is 0 Å². The SMILES string of the molecule is COc1ccc(Cn2c(-c3ccc(C)cc3)c(-c3ccc(C(F)(F)F)cc3)c(=O)c3cc([N+](=O)[O-])ccc32)cc1. The highest BCUT2D eigenvalue weighted by Gasteiger charge is 2.30. The van der Waals surface area contributed by atoms with Gasteiger partial charge in [-0.05, 0) is 53.9 Å². The van der Waals surface area contributed by atoms with Crippen LogP contribution in [0.25, 0.3) is 33.3 Å². The number of benzene rings is 4. The number of aromatic nitrogens is 1. The van der Waals surface area contributed by atoms with Gasteiger partial charge in [-0.15, -0.1) is 0 Å². The van der Waals surface area contributed by atoms with Crippen LogP contribution in [0.3, 0.4) is 0 Å². The Morgan fingerprint density at radius 1 is 0.875 bits per heavy atom. The molecule has 9 heteroatoms. The number of fused-ring (bicyclic) bond motifs is 1. The minimum absolute atomic E-state index is 0.0912. The fraction of sp³-hybridized carbons (Fsp3) is 0.129. The maximum Gasteiger partial charge on any atom is 0.416 e. The zero-order valence-corrected chi connectivity index (χ0v) is 21.5. The Morgan fingerprint density at radius 2 is 1.50 bits per heavy atom. The van der Waals surface area contributed by atoms with Crippen LogP contribution in [-0.2, 0) is 12.7 Å². The van der Waals surface area contributed by atoms with E-state index in [1.54, 1.807) is 19.2 Å². The van der Waals surface area contributed by atoms with Crippen LogP contribution in [-0.4, -0.2) is 16.6 Å². The Kier molecular flexibility index (Phi) is 6.89. The van der Waals surface area contributed by atoms with Crippen LogP contribution < -0.4 is 10.2 Å². The number of hydrogen-bond donors (Lipinski definition) is 0. The van der Waals surface area contributed by atoms with Crippen molar-refractivity contribution in [3.8, 4) is 28.1 Å². The molecule has 0 atom stereocenters. The minimum Gasteiger partial charge on any atom is -0.497 e. The summed E-state index contributed by atoms with van der Waals surface area (Å²) < 4.78 is 47.1. The summed E-state index contributed by atoms with van der Waals surface area (Å²) in [6, 6.07) is 23.3. The topological polar surface area (TPSA) is 74.4 Å². The molecule has 5 aromatic rings. The van der Waals surface area contributed by atoms with E-state index in [-0.39, 0.29) is 28.7 Å². The molecule has 5 rings (SSSR count). The maximum absolute atomic E-state index is 14.1. The van der Waals surface area contributed by atoms with Crippen LogP contribution >= 0.6 is 0 Å². The van der Waals surface area contributed by atoms with Crippen molar-refractivity contribution in [1.29, 1.82) is 0 Å². The maximum atomic E-state index is 14.1. The van der Waals surface area contributed by atoms with Crippen LogP contribution in [0.15, 0.2) is 95.8 Å². The molecular weight excluding hydrogens is 521 g/mol. The predicted molar refractivity (Wildman–Crippen MR) is 148 cm³/mol. The zero-order chi connectivity index (χ0) is 28.6. The third-order valence-corrected chi connectivity index (χ3v) is 6.79. The molecule has 0 radical (unpaired) electrons. The van der Waals surface area contributed by atoms with Gasteiger partial charge in [0.1, 0.15) is 5.75 Å². The lowest BCUT2D eigenvalue weighted by Crippen LogP contribution is -2.17. The number of nitro groups is 1. The standard InChI is InChI=1S/C31H23F3N2O4/c1-19-3-7-22(8-4-19)29-28(21-9-11-23(12-10-21)31(32,33)34)30(37)26-17-24(36(38)39)13-16-27(26)35(29)18-20-5-14-25(40-2)15-6-20/h3-17H,18H2,1-2H3. The predicted octanol–water partition coefficient (Wildman–Crippen LogP) is 7.63. The number of ether oxygens (including phenoxy) is 1. The number of hydrogen-bond acceptors (Lipinski definition) is 4. The van der Waals surface area contributed by atoms with Gasteiger partial charge in [0.2, 0.25) is 0 Å². The summed E-state index contributed by atoms with van der Waals surface area (Å²) in [7, 11) is 1.56. The molecule has 4 aromatic carbocycles. The highest BCUT2D eigenvalue weighted by molar-refractivity contribution is 5.93. The Morgan fingerprint density at radius 3 is 2.08 bits per heavy atom. The molecule has 0 aliphatic heterocycles. The molecule has 0 bridgehead atoms. The van der Waals surface area contributed by atoms with Crippen LogP contribution in [0.4, 0.5) is 18.9 Å². The molecule has 1 heterocycles. The fourth-order valence-electron chi connectivity index (χ4n) is 4.74. The Labute approximate surface area is 227 Å². The first-order valence-corrected chi connectivity index (χ1v) is 12.3. The monoisotopic (exact) mass is 544 g/mol. The van der Waals surface area contributed by atoms with Gasteiger partial charge in [0.15, 0.2) is 5.43 Å². The second kappa shape index (κ2) is 10.3. The van der Waals surface area contributed by atoms with Crippen LogP contribution in [0.5, 0.6) is 5.75 Å². The van der Waals surface area contributed by atoms with Crippen LogP contribution in [0.1, 0.15) is 16.7 Å². The largest absolute Gasteiger partial charge is 0.497 e. The number of non-ortho nitro benzene ring substituents is 1. The first-order chi connectivity index (χ1) is 19.1. The van der Waals surface area contributed by atoms with Gasteiger partial charge in [-0.2, -0.15) is 13.2 Å². The number of methoxy groups -OCH3 is 1. The highest BCUT2D eigenvalue weighted by atomic mass is 19.4. The van der Waals surface area contributed by atoms with Gasteiger partial charge >= 0.3 is 6.18 Å². The zero-order valence-electron chi connectivity index (χ0n) is 21.5. The van der Waals surface area contributed by atoms with E-state index in [0.29, 0.717) is 22.5 Å². The van der Waals surface area contributed by atoms with E-state index in [9.17, 15) is 28.1 Å². The van der Waals surface area contributed by atoms with Crippen LogP contribution in [0, 0.1) is 17.0 Å². The number of nitrogens with zero attached hydrogens (tertiary/aromatic N) is 2. The number of halogens is 3. The lowest BCUT2D eigenvalue weighted by molar-refractivity contribution is -0.384. The lowest BCUT2D eigenvalue weighted by Gasteiger charge is -2.22. The van der Waals surface area contributed by atoms with E-state index in [2.05, 4.69) is 0 Å². The Bertz CT molecular complexity index is 1770. The molecule has 0 fully saturated rings. The second-order valence-corrected chi connectivity index (χ2v) is 9.39. The molecule has 0 saturated heterocycles. The van der Waals surface area contributed by atoms with Crippen molar-refractivity contribution >= 4 is 16.6 Å². The van der Waals surface area contributed by atoms with E-state index in [4.69, 9.17) is 4.74 Å². The first kappa shape index (κ1) is 26.7. The van der Waals surface area contributed by atoms with Gasteiger partial charge in [0.05, 0.1) is 39.8 Å². The molecule has 0 spiro atoms.